The van der Waals surface area contributed by atoms with Gasteiger partial charge in [0.25, 0.3) is 11.8 Å². The molecule has 3 aliphatic heterocycles. The second-order valence-electron chi connectivity index (χ2n) is 9.45. The fraction of sp³-hybridized carbons (Fsp3) is 0.296. The van der Waals surface area contributed by atoms with E-state index in [1.807, 2.05) is 24.4 Å². The smallest absolute Gasteiger partial charge is 0.262 e. The molecule has 0 spiro atoms. The normalized spacial score (nSPS) is 22.3. The van der Waals surface area contributed by atoms with E-state index in [0.717, 1.165) is 47.4 Å². The Morgan fingerprint density at radius 1 is 0.972 bits per heavy atom. The summed E-state index contributed by atoms with van der Waals surface area (Å²) in [6.45, 7) is 2.39. The van der Waals surface area contributed by atoms with Gasteiger partial charge in [0, 0.05) is 37.6 Å². The third-order valence-electron chi connectivity index (χ3n) is 7.00. The van der Waals surface area contributed by atoms with Crippen molar-refractivity contribution in [3.63, 3.8) is 0 Å². The molecule has 3 aromatic rings. The van der Waals surface area contributed by atoms with E-state index in [-0.39, 0.29) is 30.1 Å². The molecule has 2 fully saturated rings. The van der Waals surface area contributed by atoms with Crippen LogP contribution in [0.2, 0.25) is 0 Å². The van der Waals surface area contributed by atoms with Crippen molar-refractivity contribution in [1.82, 2.24) is 20.1 Å². The highest BCUT2D eigenvalue weighted by atomic mass is 16.5. The van der Waals surface area contributed by atoms with E-state index in [0.29, 0.717) is 5.75 Å². The third kappa shape index (κ3) is 4.01. The Labute approximate surface area is 207 Å². The highest BCUT2D eigenvalue weighted by Crippen LogP contribution is 2.31. The number of hydrogen-bond acceptors (Lipinski definition) is 7. The zero-order valence-corrected chi connectivity index (χ0v) is 19.5. The molecule has 0 saturated carbocycles. The maximum Gasteiger partial charge on any atom is 0.262 e. The maximum absolute atomic E-state index is 13.0. The van der Waals surface area contributed by atoms with E-state index in [4.69, 9.17) is 4.74 Å². The Bertz CT molecular complexity index is 1420. The molecule has 2 aromatic carbocycles. The lowest BCUT2D eigenvalue weighted by Gasteiger charge is -2.27. The summed E-state index contributed by atoms with van der Waals surface area (Å²) in [4.78, 5) is 57.4. The molecular formula is C27H24N4O5. The number of likely N-dealkylation sites (tertiary alicyclic amines) is 1. The summed E-state index contributed by atoms with van der Waals surface area (Å²) >= 11 is 0. The Balaban J connectivity index is 1.11. The van der Waals surface area contributed by atoms with Gasteiger partial charge in [-0.2, -0.15) is 0 Å². The number of imide groups is 2. The van der Waals surface area contributed by atoms with Crippen molar-refractivity contribution in [3.8, 4) is 5.75 Å². The van der Waals surface area contributed by atoms with Crippen molar-refractivity contribution in [3.05, 3.63) is 71.4 Å². The van der Waals surface area contributed by atoms with Crippen LogP contribution in [0.4, 0.5) is 0 Å². The summed E-state index contributed by atoms with van der Waals surface area (Å²) in [6.07, 6.45) is 2.92. The minimum atomic E-state index is -0.979. The summed E-state index contributed by atoms with van der Waals surface area (Å²) in [5, 5.41) is 3.32. The van der Waals surface area contributed by atoms with Gasteiger partial charge in [-0.3, -0.25) is 39.3 Å². The lowest BCUT2D eigenvalue weighted by molar-refractivity contribution is -0.136. The van der Waals surface area contributed by atoms with Gasteiger partial charge in [-0.15, -0.1) is 0 Å². The van der Waals surface area contributed by atoms with Gasteiger partial charge in [0.05, 0.1) is 16.6 Å². The van der Waals surface area contributed by atoms with Crippen molar-refractivity contribution in [2.75, 3.05) is 13.1 Å². The zero-order chi connectivity index (χ0) is 24.8. The summed E-state index contributed by atoms with van der Waals surface area (Å²) < 4.78 is 6.17. The summed E-state index contributed by atoms with van der Waals surface area (Å²) in [5.74, 6) is -1.56. The van der Waals surface area contributed by atoms with Crippen LogP contribution in [0.1, 0.15) is 45.5 Å². The second kappa shape index (κ2) is 8.83. The first-order chi connectivity index (χ1) is 17.5. The first kappa shape index (κ1) is 22.4. The van der Waals surface area contributed by atoms with E-state index >= 15 is 0 Å². The number of rotatable bonds is 5. The summed E-state index contributed by atoms with van der Waals surface area (Å²) in [6, 6.07) is 14.1. The van der Waals surface area contributed by atoms with Gasteiger partial charge in [0.1, 0.15) is 17.9 Å². The number of nitrogens with zero attached hydrogens (tertiary/aromatic N) is 3. The number of carbonyl (C=O) groups is 4. The zero-order valence-electron chi connectivity index (χ0n) is 19.5. The van der Waals surface area contributed by atoms with Crippen molar-refractivity contribution < 1.29 is 23.9 Å². The van der Waals surface area contributed by atoms with Gasteiger partial charge < -0.3 is 4.74 Å². The molecule has 0 radical (unpaired) electrons. The Morgan fingerprint density at radius 2 is 1.81 bits per heavy atom. The van der Waals surface area contributed by atoms with Crippen LogP contribution in [0.25, 0.3) is 10.9 Å². The van der Waals surface area contributed by atoms with Crippen molar-refractivity contribution >= 4 is 34.5 Å². The van der Waals surface area contributed by atoms with Gasteiger partial charge in [-0.1, -0.05) is 18.2 Å². The van der Waals surface area contributed by atoms with E-state index in [1.165, 1.54) is 0 Å². The van der Waals surface area contributed by atoms with Crippen LogP contribution >= 0.6 is 0 Å². The molecule has 1 aromatic heterocycles. The van der Waals surface area contributed by atoms with E-state index in [2.05, 4.69) is 27.3 Å². The number of amides is 4. The Kier molecular flexibility index (Phi) is 5.49. The number of aromatic nitrogens is 1. The average molecular weight is 485 g/mol. The molecule has 6 rings (SSSR count). The number of hydrogen-bond donors (Lipinski definition) is 1. The van der Waals surface area contributed by atoms with Crippen LogP contribution in [-0.4, -0.2) is 63.6 Å². The van der Waals surface area contributed by atoms with Crippen LogP contribution in [0.3, 0.4) is 0 Å². The predicted molar refractivity (Wildman–Crippen MR) is 129 cm³/mol. The molecule has 2 atom stereocenters. The molecule has 0 aliphatic carbocycles. The third-order valence-corrected chi connectivity index (χ3v) is 7.00. The second-order valence-corrected chi connectivity index (χ2v) is 9.45. The first-order valence-electron chi connectivity index (χ1n) is 12.0. The van der Waals surface area contributed by atoms with Crippen LogP contribution in [0.5, 0.6) is 5.75 Å². The van der Waals surface area contributed by atoms with Gasteiger partial charge >= 0.3 is 0 Å². The highest BCUT2D eigenvalue weighted by molar-refractivity contribution is 6.23. The number of pyridine rings is 1. The lowest BCUT2D eigenvalue weighted by atomic mass is 10.0. The molecule has 182 valence electrons. The molecule has 2 saturated heterocycles. The minimum Gasteiger partial charge on any atom is -0.489 e. The molecule has 0 bridgehead atoms. The number of fused-ring (bicyclic) bond motifs is 2. The van der Waals surface area contributed by atoms with Crippen LogP contribution in [-0.2, 0) is 16.1 Å². The average Bonchev–Trinajstić information content (AvgIpc) is 3.41. The summed E-state index contributed by atoms with van der Waals surface area (Å²) in [7, 11) is 0. The molecule has 36 heavy (non-hydrogen) atoms. The SMILES string of the molecule is O=C1CCC(N2C(=O)c3ccc(OC4CCN(Cc5cnc6ccccc6c5)C4)cc3C2=O)C(=O)N1. The van der Waals surface area contributed by atoms with Gasteiger partial charge in [0.2, 0.25) is 11.8 Å². The van der Waals surface area contributed by atoms with E-state index in [9.17, 15) is 19.2 Å². The quantitative estimate of drug-likeness (QED) is 0.554. The first-order valence-corrected chi connectivity index (χ1v) is 12.0. The van der Waals surface area contributed by atoms with Crippen molar-refractivity contribution in [1.29, 1.82) is 0 Å². The highest BCUT2D eigenvalue weighted by Gasteiger charge is 2.44. The molecule has 2 unspecified atom stereocenters. The fourth-order valence-electron chi connectivity index (χ4n) is 5.21. The molecule has 9 heteroatoms. The minimum absolute atomic E-state index is 0.0464. The fourth-order valence-corrected chi connectivity index (χ4v) is 5.21. The van der Waals surface area contributed by atoms with Crippen molar-refractivity contribution in [2.24, 2.45) is 0 Å². The van der Waals surface area contributed by atoms with Crippen LogP contribution < -0.4 is 10.1 Å². The molecule has 3 aliphatic rings. The Morgan fingerprint density at radius 3 is 2.67 bits per heavy atom. The Hall–Kier alpha value is -4.11. The van der Waals surface area contributed by atoms with Gasteiger partial charge in [0.15, 0.2) is 0 Å². The largest absolute Gasteiger partial charge is 0.489 e. The molecule has 4 amide bonds. The topological polar surface area (TPSA) is 109 Å². The number of nitrogens with one attached hydrogen (secondary N) is 1. The maximum atomic E-state index is 13.0. The van der Waals surface area contributed by atoms with Gasteiger partial charge in [-0.25, -0.2) is 0 Å². The molecular weight excluding hydrogens is 460 g/mol. The summed E-state index contributed by atoms with van der Waals surface area (Å²) in [5.41, 5.74) is 2.59. The molecule has 1 N–H and O–H groups in total. The number of piperidine rings is 1. The number of benzene rings is 2. The monoisotopic (exact) mass is 484 g/mol. The lowest BCUT2D eigenvalue weighted by Crippen LogP contribution is -2.54. The number of ether oxygens (including phenoxy) is 1. The van der Waals surface area contributed by atoms with Gasteiger partial charge in [-0.05, 0) is 48.7 Å². The van der Waals surface area contributed by atoms with Crippen LogP contribution in [0, 0.1) is 0 Å². The standard InChI is InChI=1S/C27H24N4O5/c32-24-8-7-23(25(33)29-24)31-26(34)20-6-5-18(12-21(20)27(31)35)36-19-9-10-30(15-19)14-16-11-17-3-1-2-4-22(17)28-13-16/h1-6,11-13,19,23H,7-10,14-15H2,(H,29,32,33). The molecule has 9 nitrogen and oxygen atoms in total. The number of carbonyl (C=O) groups excluding carboxylic acids is 4. The predicted octanol–water partition coefficient (Wildman–Crippen LogP) is 2.29. The number of para-hydroxylation sites is 1. The van der Waals surface area contributed by atoms with Crippen molar-refractivity contribution in [2.45, 2.75) is 38.0 Å². The van der Waals surface area contributed by atoms with Crippen LogP contribution in [0.15, 0.2) is 54.7 Å². The van der Waals surface area contributed by atoms with E-state index in [1.54, 1.807) is 18.2 Å². The molecule has 4 heterocycles. The van der Waals surface area contributed by atoms with E-state index < -0.39 is 29.7 Å².